The van der Waals surface area contributed by atoms with E-state index in [-0.39, 0.29) is 11.5 Å². The standard InChI is InChI=1S/C9H10O4.CH6N2/c1-5(9(12)13)6-2-3-7(10)8(11)4-6;1-3-2/h2-5,10-11H,1H3,(H,12,13);3H,2H2,1H3. The Labute approximate surface area is 93.3 Å². The van der Waals surface area contributed by atoms with E-state index in [0.29, 0.717) is 5.56 Å². The molecule has 1 atom stereocenters. The molecule has 1 aromatic rings. The smallest absolute Gasteiger partial charge is 0.310 e. The Morgan fingerprint density at radius 3 is 2.25 bits per heavy atom. The van der Waals surface area contributed by atoms with Gasteiger partial charge in [-0.05, 0) is 31.7 Å². The van der Waals surface area contributed by atoms with Gasteiger partial charge in [0.25, 0.3) is 0 Å². The van der Waals surface area contributed by atoms with Crippen LogP contribution in [0.4, 0.5) is 0 Å². The lowest BCUT2D eigenvalue weighted by Gasteiger charge is -2.07. The topological polar surface area (TPSA) is 116 Å². The molecule has 6 N–H and O–H groups in total. The van der Waals surface area contributed by atoms with Gasteiger partial charge in [0, 0.05) is 0 Å². The minimum absolute atomic E-state index is 0.249. The third-order valence-corrected chi connectivity index (χ3v) is 1.87. The van der Waals surface area contributed by atoms with Gasteiger partial charge >= 0.3 is 5.97 Å². The van der Waals surface area contributed by atoms with Gasteiger partial charge in [0.1, 0.15) is 0 Å². The Bertz CT molecular complexity index is 355. The maximum absolute atomic E-state index is 10.6. The summed E-state index contributed by atoms with van der Waals surface area (Å²) in [6.07, 6.45) is 0. The van der Waals surface area contributed by atoms with Gasteiger partial charge in [-0.1, -0.05) is 6.07 Å². The van der Waals surface area contributed by atoms with E-state index >= 15 is 0 Å². The summed E-state index contributed by atoms with van der Waals surface area (Å²) >= 11 is 0. The fraction of sp³-hybridized carbons (Fsp3) is 0.300. The van der Waals surface area contributed by atoms with Crippen LogP contribution >= 0.6 is 0 Å². The van der Waals surface area contributed by atoms with Crippen molar-refractivity contribution in [3.8, 4) is 11.5 Å². The Morgan fingerprint density at radius 2 is 1.88 bits per heavy atom. The molecule has 0 aliphatic carbocycles. The zero-order chi connectivity index (χ0) is 12.7. The first-order valence-electron chi connectivity index (χ1n) is 4.56. The monoisotopic (exact) mass is 228 g/mol. The lowest BCUT2D eigenvalue weighted by Crippen LogP contribution is -2.13. The van der Waals surface area contributed by atoms with Gasteiger partial charge < -0.3 is 15.3 Å². The molecule has 0 radical (unpaired) electrons. The minimum atomic E-state index is -0.968. The second-order valence-corrected chi connectivity index (χ2v) is 3.10. The van der Waals surface area contributed by atoms with Crippen LogP contribution in [0.1, 0.15) is 18.4 Å². The number of benzene rings is 1. The zero-order valence-electron chi connectivity index (χ0n) is 9.14. The summed E-state index contributed by atoms with van der Waals surface area (Å²) in [5.41, 5.74) is 2.71. The summed E-state index contributed by atoms with van der Waals surface area (Å²) < 4.78 is 0. The Hall–Kier alpha value is -1.79. The molecule has 0 fully saturated rings. The summed E-state index contributed by atoms with van der Waals surface area (Å²) in [7, 11) is 1.65. The predicted octanol–water partition coefficient (Wildman–Crippen LogP) is 0.365. The van der Waals surface area contributed by atoms with Crippen LogP contribution in [0.2, 0.25) is 0 Å². The number of aromatic hydroxyl groups is 2. The molecule has 90 valence electrons. The Kier molecular flexibility index (Phi) is 5.91. The van der Waals surface area contributed by atoms with E-state index in [4.69, 9.17) is 15.3 Å². The van der Waals surface area contributed by atoms with Crippen molar-refractivity contribution >= 4 is 5.97 Å². The maximum atomic E-state index is 10.6. The molecule has 0 bridgehead atoms. The molecule has 0 saturated carbocycles. The number of carboxylic acids is 1. The van der Waals surface area contributed by atoms with Crippen molar-refractivity contribution in [1.29, 1.82) is 0 Å². The molecule has 0 saturated heterocycles. The van der Waals surface area contributed by atoms with Crippen molar-refractivity contribution in [3.05, 3.63) is 23.8 Å². The second-order valence-electron chi connectivity index (χ2n) is 3.10. The number of nitrogens with two attached hydrogens (primary N) is 1. The SMILES string of the molecule is CC(C(=O)O)c1ccc(O)c(O)c1.CNN. The van der Waals surface area contributed by atoms with E-state index in [2.05, 4.69) is 11.3 Å². The van der Waals surface area contributed by atoms with Gasteiger partial charge in [0.2, 0.25) is 0 Å². The lowest BCUT2D eigenvalue weighted by atomic mass is 10.0. The van der Waals surface area contributed by atoms with Crippen molar-refractivity contribution in [1.82, 2.24) is 5.43 Å². The average molecular weight is 228 g/mol. The summed E-state index contributed by atoms with van der Waals surface area (Å²) in [6, 6.07) is 3.98. The summed E-state index contributed by atoms with van der Waals surface area (Å²) in [5.74, 6) is 2.39. The molecule has 6 heteroatoms. The van der Waals surface area contributed by atoms with Gasteiger partial charge in [0.05, 0.1) is 5.92 Å². The third kappa shape index (κ3) is 4.16. The quantitative estimate of drug-likeness (QED) is 0.283. The van der Waals surface area contributed by atoms with E-state index in [0.717, 1.165) is 0 Å². The average Bonchev–Trinajstić information content (AvgIpc) is 2.22. The van der Waals surface area contributed by atoms with E-state index in [1.54, 1.807) is 7.05 Å². The normalized spacial score (nSPS) is 11.2. The zero-order valence-corrected chi connectivity index (χ0v) is 9.14. The third-order valence-electron chi connectivity index (χ3n) is 1.87. The highest BCUT2D eigenvalue weighted by atomic mass is 16.4. The summed E-state index contributed by atoms with van der Waals surface area (Å²) in [4.78, 5) is 10.6. The molecular formula is C10H16N2O4. The number of hydrazine groups is 1. The number of nitrogens with one attached hydrogen (secondary N) is 1. The molecule has 0 amide bonds. The van der Waals surface area contributed by atoms with Crippen LogP contribution in [0.15, 0.2) is 18.2 Å². The first kappa shape index (κ1) is 14.2. The van der Waals surface area contributed by atoms with Crippen LogP contribution in [0.3, 0.4) is 0 Å². The molecule has 0 aliphatic rings. The number of aliphatic carboxylic acids is 1. The van der Waals surface area contributed by atoms with Crippen molar-refractivity contribution in [2.45, 2.75) is 12.8 Å². The van der Waals surface area contributed by atoms with Gasteiger partial charge in [-0.15, -0.1) is 0 Å². The van der Waals surface area contributed by atoms with Crippen LogP contribution < -0.4 is 11.3 Å². The molecule has 0 spiro atoms. The largest absolute Gasteiger partial charge is 0.504 e. The first-order chi connectivity index (χ1) is 7.43. The summed E-state index contributed by atoms with van der Waals surface area (Å²) in [6.45, 7) is 1.51. The fourth-order valence-corrected chi connectivity index (χ4v) is 0.952. The predicted molar refractivity (Wildman–Crippen MR) is 59.1 cm³/mol. The second kappa shape index (κ2) is 6.65. The van der Waals surface area contributed by atoms with Crippen molar-refractivity contribution < 1.29 is 20.1 Å². The van der Waals surface area contributed by atoms with E-state index in [1.165, 1.54) is 25.1 Å². The molecule has 1 aromatic carbocycles. The van der Waals surface area contributed by atoms with Crippen molar-refractivity contribution in [2.24, 2.45) is 5.84 Å². The van der Waals surface area contributed by atoms with Crippen LogP contribution in [-0.4, -0.2) is 28.3 Å². The highest BCUT2D eigenvalue weighted by Crippen LogP contribution is 2.28. The first-order valence-corrected chi connectivity index (χ1v) is 4.56. The molecule has 16 heavy (non-hydrogen) atoms. The van der Waals surface area contributed by atoms with Crippen LogP contribution in [0.25, 0.3) is 0 Å². The van der Waals surface area contributed by atoms with Crippen LogP contribution in [-0.2, 0) is 4.79 Å². The molecular weight excluding hydrogens is 212 g/mol. The van der Waals surface area contributed by atoms with Gasteiger partial charge in [-0.25, -0.2) is 0 Å². The number of phenolic OH excluding ortho intramolecular Hbond substituents is 2. The van der Waals surface area contributed by atoms with E-state index in [9.17, 15) is 4.79 Å². The Balaban J connectivity index is 0.000000673. The highest BCUT2D eigenvalue weighted by molar-refractivity contribution is 5.75. The molecule has 0 heterocycles. The molecule has 1 unspecified atom stereocenters. The minimum Gasteiger partial charge on any atom is -0.504 e. The van der Waals surface area contributed by atoms with Gasteiger partial charge in [-0.3, -0.25) is 16.1 Å². The molecule has 0 aromatic heterocycles. The maximum Gasteiger partial charge on any atom is 0.310 e. The Morgan fingerprint density at radius 1 is 1.38 bits per heavy atom. The molecule has 6 nitrogen and oxygen atoms in total. The van der Waals surface area contributed by atoms with Crippen LogP contribution in [0, 0.1) is 0 Å². The fourth-order valence-electron chi connectivity index (χ4n) is 0.952. The number of hydrogen-bond acceptors (Lipinski definition) is 5. The van der Waals surface area contributed by atoms with E-state index in [1.807, 2.05) is 0 Å². The highest BCUT2D eigenvalue weighted by Gasteiger charge is 2.14. The van der Waals surface area contributed by atoms with E-state index < -0.39 is 11.9 Å². The number of carbonyl (C=O) groups is 1. The number of rotatable bonds is 2. The number of hydrogen-bond donors (Lipinski definition) is 5. The van der Waals surface area contributed by atoms with Gasteiger partial charge in [-0.2, -0.15) is 0 Å². The number of phenols is 2. The molecule has 1 rings (SSSR count). The van der Waals surface area contributed by atoms with Gasteiger partial charge in [0.15, 0.2) is 11.5 Å². The lowest BCUT2D eigenvalue weighted by molar-refractivity contribution is -0.138. The number of carboxylic acid groups (broad SMARTS) is 1. The van der Waals surface area contributed by atoms with Crippen LogP contribution in [0.5, 0.6) is 11.5 Å². The van der Waals surface area contributed by atoms with Crippen molar-refractivity contribution in [2.75, 3.05) is 7.05 Å². The molecule has 0 aliphatic heterocycles. The van der Waals surface area contributed by atoms with Crippen molar-refractivity contribution in [3.63, 3.8) is 0 Å². The summed E-state index contributed by atoms with van der Waals surface area (Å²) in [5, 5.41) is 26.7.